The lowest BCUT2D eigenvalue weighted by Crippen LogP contribution is -2.26. The molecule has 0 fully saturated rings. The maximum absolute atomic E-state index is 10.9. The monoisotopic (exact) mass is 318 g/mol. The predicted octanol–water partition coefficient (Wildman–Crippen LogP) is 2.43. The first-order valence-corrected chi connectivity index (χ1v) is 6.07. The summed E-state index contributed by atoms with van der Waals surface area (Å²) in [5, 5.41) is 13.9. The number of benzene rings is 1. The highest BCUT2D eigenvalue weighted by atomic mass is 79.9. The Morgan fingerprint density at radius 1 is 1.50 bits per heavy atom. The van der Waals surface area contributed by atoms with Crippen molar-refractivity contribution in [1.82, 2.24) is 0 Å². The Bertz CT molecular complexity index is 414. The van der Waals surface area contributed by atoms with E-state index in [0.29, 0.717) is 23.3 Å². The van der Waals surface area contributed by atoms with Crippen LogP contribution in [0.5, 0.6) is 0 Å². The molecule has 0 aromatic heterocycles. The first kappa shape index (κ1) is 14.9. The van der Waals surface area contributed by atoms with E-state index in [1.54, 1.807) is 26.4 Å². The second-order valence-electron chi connectivity index (χ2n) is 3.61. The van der Waals surface area contributed by atoms with Crippen LogP contribution in [0.1, 0.15) is 0 Å². The molecule has 18 heavy (non-hydrogen) atoms. The zero-order valence-electron chi connectivity index (χ0n) is 10.2. The van der Waals surface area contributed by atoms with Gasteiger partial charge in [0, 0.05) is 31.3 Å². The Morgan fingerprint density at radius 3 is 2.78 bits per heavy atom. The van der Waals surface area contributed by atoms with Gasteiger partial charge in [-0.3, -0.25) is 10.1 Å². The number of nitro benzene ring substituents is 1. The third-order valence-electron chi connectivity index (χ3n) is 2.36. The average molecular weight is 319 g/mol. The first-order chi connectivity index (χ1) is 8.58. The van der Waals surface area contributed by atoms with Crippen LogP contribution in [0.25, 0.3) is 0 Å². The molecule has 1 N–H and O–H groups in total. The molecule has 0 aliphatic rings. The van der Waals surface area contributed by atoms with Crippen molar-refractivity contribution in [1.29, 1.82) is 0 Å². The minimum absolute atomic E-state index is 0.0247. The van der Waals surface area contributed by atoms with Gasteiger partial charge in [-0.25, -0.2) is 0 Å². The zero-order chi connectivity index (χ0) is 13.5. The van der Waals surface area contributed by atoms with Gasteiger partial charge < -0.3 is 14.8 Å². The van der Waals surface area contributed by atoms with Crippen molar-refractivity contribution in [2.45, 2.75) is 6.10 Å². The highest BCUT2D eigenvalue weighted by Gasteiger charge is 2.15. The van der Waals surface area contributed by atoms with Gasteiger partial charge in [0.05, 0.1) is 17.6 Å². The summed E-state index contributed by atoms with van der Waals surface area (Å²) in [5.74, 6) is 0. The molecule has 0 heterocycles. The number of methoxy groups -OCH3 is 2. The highest BCUT2D eigenvalue weighted by molar-refractivity contribution is 9.10. The number of ether oxygens (including phenoxy) is 2. The number of rotatable bonds is 7. The van der Waals surface area contributed by atoms with Gasteiger partial charge in [-0.2, -0.15) is 0 Å². The van der Waals surface area contributed by atoms with Crippen LogP contribution in [0.2, 0.25) is 0 Å². The van der Waals surface area contributed by atoms with E-state index in [1.165, 1.54) is 6.07 Å². The number of hydrogen-bond donors (Lipinski definition) is 1. The largest absolute Gasteiger partial charge is 0.382 e. The van der Waals surface area contributed by atoms with Crippen molar-refractivity contribution >= 4 is 27.3 Å². The fourth-order valence-corrected chi connectivity index (χ4v) is 1.77. The summed E-state index contributed by atoms with van der Waals surface area (Å²) in [6.07, 6.45) is -0.154. The molecule has 0 saturated heterocycles. The van der Waals surface area contributed by atoms with Crippen LogP contribution in [0, 0.1) is 10.1 Å². The predicted molar refractivity (Wildman–Crippen MR) is 72.0 cm³/mol. The first-order valence-electron chi connectivity index (χ1n) is 5.28. The zero-order valence-corrected chi connectivity index (χ0v) is 11.8. The van der Waals surface area contributed by atoms with Gasteiger partial charge in [-0.15, -0.1) is 0 Å². The summed E-state index contributed by atoms with van der Waals surface area (Å²) in [5.41, 5.74) is 0.484. The van der Waals surface area contributed by atoms with Crippen LogP contribution in [-0.2, 0) is 9.47 Å². The molecule has 1 rings (SSSR count). The molecule has 7 heteroatoms. The lowest BCUT2D eigenvalue weighted by atomic mass is 10.2. The Morgan fingerprint density at radius 2 is 2.22 bits per heavy atom. The molecule has 1 atom stereocenters. The Labute approximate surface area is 114 Å². The van der Waals surface area contributed by atoms with Gasteiger partial charge >= 0.3 is 0 Å². The summed E-state index contributed by atoms with van der Waals surface area (Å²) in [6, 6.07) is 4.86. The Balaban J connectivity index is 2.74. The number of nitro groups is 1. The number of hydrogen-bond acceptors (Lipinski definition) is 5. The van der Waals surface area contributed by atoms with Gasteiger partial charge in [-0.05, 0) is 12.1 Å². The van der Waals surface area contributed by atoms with Gasteiger partial charge in [0.1, 0.15) is 5.69 Å². The molecule has 6 nitrogen and oxygen atoms in total. The van der Waals surface area contributed by atoms with E-state index in [2.05, 4.69) is 21.2 Å². The fraction of sp³-hybridized carbons (Fsp3) is 0.455. The molecule has 1 aromatic carbocycles. The standard InChI is InChI=1S/C11H15BrN2O4/c1-17-7-9(18-2)6-13-10-4-3-8(12)5-11(10)14(15)16/h3-5,9,13H,6-7H2,1-2H3. The minimum atomic E-state index is -0.425. The number of anilines is 1. The molecule has 0 amide bonds. The van der Waals surface area contributed by atoms with Crippen molar-refractivity contribution in [2.24, 2.45) is 0 Å². The number of halogens is 1. The summed E-state index contributed by atoms with van der Waals surface area (Å²) < 4.78 is 10.8. The quantitative estimate of drug-likeness (QED) is 0.617. The molecule has 100 valence electrons. The third-order valence-corrected chi connectivity index (χ3v) is 2.86. The normalized spacial score (nSPS) is 12.2. The van der Waals surface area contributed by atoms with Gasteiger partial charge in [0.2, 0.25) is 0 Å². The van der Waals surface area contributed by atoms with E-state index in [-0.39, 0.29) is 11.8 Å². The number of nitrogens with one attached hydrogen (secondary N) is 1. The number of nitrogens with zero attached hydrogens (tertiary/aromatic N) is 1. The Kier molecular flexibility index (Phi) is 6.03. The van der Waals surface area contributed by atoms with Crippen LogP contribution < -0.4 is 5.32 Å². The summed E-state index contributed by atoms with van der Waals surface area (Å²) in [6.45, 7) is 0.862. The highest BCUT2D eigenvalue weighted by Crippen LogP contribution is 2.27. The van der Waals surface area contributed by atoms with Crippen LogP contribution in [0.15, 0.2) is 22.7 Å². The van der Waals surface area contributed by atoms with Crippen molar-refractivity contribution in [3.8, 4) is 0 Å². The van der Waals surface area contributed by atoms with Gasteiger partial charge in [0.15, 0.2) is 0 Å². The molecule has 0 aliphatic carbocycles. The average Bonchev–Trinajstić information content (AvgIpc) is 2.35. The molecule has 0 aliphatic heterocycles. The van der Waals surface area contributed by atoms with E-state index in [0.717, 1.165) is 0 Å². The summed E-state index contributed by atoms with van der Waals surface area (Å²) >= 11 is 3.21. The van der Waals surface area contributed by atoms with Gasteiger partial charge in [-0.1, -0.05) is 15.9 Å². The third kappa shape index (κ3) is 4.25. The van der Waals surface area contributed by atoms with E-state index in [9.17, 15) is 10.1 Å². The van der Waals surface area contributed by atoms with Crippen molar-refractivity contribution < 1.29 is 14.4 Å². The molecule has 1 unspecified atom stereocenters. The molecule has 0 spiro atoms. The maximum atomic E-state index is 10.9. The molecule has 1 aromatic rings. The molecular formula is C11H15BrN2O4. The molecular weight excluding hydrogens is 304 g/mol. The molecule has 0 bridgehead atoms. The van der Waals surface area contributed by atoms with E-state index in [1.807, 2.05) is 0 Å². The Hall–Kier alpha value is -1.18. The molecule has 0 saturated carbocycles. The SMILES string of the molecule is COCC(CNc1ccc(Br)cc1[N+](=O)[O-])OC. The fourth-order valence-electron chi connectivity index (χ4n) is 1.43. The summed E-state index contributed by atoms with van der Waals surface area (Å²) in [4.78, 5) is 10.5. The van der Waals surface area contributed by atoms with Crippen LogP contribution >= 0.6 is 15.9 Å². The van der Waals surface area contributed by atoms with Crippen molar-refractivity contribution in [3.05, 3.63) is 32.8 Å². The molecule has 0 radical (unpaired) electrons. The maximum Gasteiger partial charge on any atom is 0.293 e. The van der Waals surface area contributed by atoms with Crippen molar-refractivity contribution in [2.75, 3.05) is 32.7 Å². The van der Waals surface area contributed by atoms with Crippen LogP contribution in [0.3, 0.4) is 0 Å². The van der Waals surface area contributed by atoms with Crippen LogP contribution in [-0.4, -0.2) is 38.4 Å². The lowest BCUT2D eigenvalue weighted by Gasteiger charge is -2.15. The second-order valence-corrected chi connectivity index (χ2v) is 4.53. The van der Waals surface area contributed by atoms with E-state index >= 15 is 0 Å². The second kappa shape index (κ2) is 7.30. The van der Waals surface area contributed by atoms with E-state index < -0.39 is 4.92 Å². The van der Waals surface area contributed by atoms with Crippen molar-refractivity contribution in [3.63, 3.8) is 0 Å². The van der Waals surface area contributed by atoms with Gasteiger partial charge in [0.25, 0.3) is 5.69 Å². The summed E-state index contributed by atoms with van der Waals surface area (Å²) in [7, 11) is 3.15. The minimum Gasteiger partial charge on any atom is -0.382 e. The van der Waals surface area contributed by atoms with E-state index in [4.69, 9.17) is 9.47 Å². The topological polar surface area (TPSA) is 73.6 Å². The van der Waals surface area contributed by atoms with Crippen LogP contribution in [0.4, 0.5) is 11.4 Å². The lowest BCUT2D eigenvalue weighted by molar-refractivity contribution is -0.384. The smallest absolute Gasteiger partial charge is 0.293 e.